The monoisotopic (exact) mass is 405 g/mol. The minimum absolute atomic E-state index is 0.205. The lowest BCUT2D eigenvalue weighted by molar-refractivity contribution is 0.0695. The summed E-state index contributed by atoms with van der Waals surface area (Å²) in [7, 11) is 0. The van der Waals surface area contributed by atoms with E-state index in [9.17, 15) is 14.7 Å². The van der Waals surface area contributed by atoms with E-state index in [0.29, 0.717) is 18.2 Å². The lowest BCUT2D eigenvalue weighted by atomic mass is 10.0. The molecule has 1 aromatic carbocycles. The van der Waals surface area contributed by atoms with E-state index < -0.39 is 11.5 Å². The van der Waals surface area contributed by atoms with Crippen molar-refractivity contribution in [1.29, 1.82) is 0 Å². The fraction of sp³-hybridized carbons (Fsp3) is 0.417. The number of nitrogens with zero attached hydrogens (tertiary/aromatic N) is 2. The lowest BCUT2D eigenvalue weighted by Gasteiger charge is -2.31. The molecule has 0 radical (unpaired) electrons. The molecule has 6 heteroatoms. The summed E-state index contributed by atoms with van der Waals surface area (Å²) in [6, 6.07) is 10.6. The minimum atomic E-state index is -1.19. The average Bonchev–Trinajstić information content (AvgIpc) is 3.32. The van der Waals surface area contributed by atoms with Crippen LogP contribution in [-0.4, -0.2) is 38.6 Å². The van der Waals surface area contributed by atoms with Crippen LogP contribution < -0.4 is 5.56 Å². The van der Waals surface area contributed by atoms with E-state index in [4.69, 9.17) is 0 Å². The summed E-state index contributed by atoms with van der Waals surface area (Å²) in [5.41, 5.74) is 4.35. The highest BCUT2D eigenvalue weighted by Gasteiger charge is 2.30. The van der Waals surface area contributed by atoms with Gasteiger partial charge in [0.1, 0.15) is 5.56 Å². The van der Waals surface area contributed by atoms with E-state index in [-0.39, 0.29) is 5.56 Å². The number of hydrogen-bond donors (Lipinski definition) is 2. The molecular formula is C24H27N3O3. The molecule has 2 aromatic heterocycles. The number of likely N-dealkylation sites (tertiary alicyclic amines) is 1. The number of aryl methyl sites for hydroxylation is 2. The molecule has 2 aliphatic rings. The summed E-state index contributed by atoms with van der Waals surface area (Å²) < 4.78 is 2.44. The van der Waals surface area contributed by atoms with Crippen molar-refractivity contribution in [3.8, 4) is 11.3 Å². The van der Waals surface area contributed by atoms with Gasteiger partial charge in [-0.25, -0.2) is 4.79 Å². The number of carboxylic acids is 1. The quantitative estimate of drug-likeness (QED) is 0.682. The van der Waals surface area contributed by atoms with Crippen LogP contribution in [0.2, 0.25) is 0 Å². The first-order chi connectivity index (χ1) is 14.6. The Kier molecular flexibility index (Phi) is 4.74. The number of carboxylic acid groups (broad SMARTS) is 1. The van der Waals surface area contributed by atoms with Crippen molar-refractivity contribution in [2.75, 3.05) is 13.1 Å². The Morgan fingerprint density at radius 1 is 1.13 bits per heavy atom. The summed E-state index contributed by atoms with van der Waals surface area (Å²) in [6.45, 7) is 5.39. The van der Waals surface area contributed by atoms with Crippen molar-refractivity contribution in [3.05, 3.63) is 57.5 Å². The van der Waals surface area contributed by atoms with Crippen molar-refractivity contribution in [3.63, 3.8) is 0 Å². The van der Waals surface area contributed by atoms with E-state index in [2.05, 4.69) is 32.7 Å². The molecule has 0 bridgehead atoms. The van der Waals surface area contributed by atoms with Crippen LogP contribution in [0.1, 0.15) is 60.3 Å². The number of hydrogen-bond acceptors (Lipinski definition) is 3. The van der Waals surface area contributed by atoms with Crippen LogP contribution in [0.3, 0.4) is 0 Å². The molecule has 0 spiro atoms. The highest BCUT2D eigenvalue weighted by atomic mass is 16.4. The number of pyridine rings is 1. The number of aromatic nitrogens is 2. The van der Waals surface area contributed by atoms with Crippen molar-refractivity contribution in [2.45, 2.75) is 51.6 Å². The average molecular weight is 405 g/mol. The summed E-state index contributed by atoms with van der Waals surface area (Å²) in [5, 5.41) is 10.4. The highest BCUT2D eigenvalue weighted by molar-refractivity contribution is 5.89. The molecule has 156 valence electrons. The first-order valence-electron chi connectivity index (χ1n) is 10.9. The zero-order valence-corrected chi connectivity index (χ0v) is 17.3. The number of aromatic amines is 1. The van der Waals surface area contributed by atoms with Gasteiger partial charge in [0, 0.05) is 23.1 Å². The molecule has 30 heavy (non-hydrogen) atoms. The van der Waals surface area contributed by atoms with Crippen molar-refractivity contribution in [2.24, 2.45) is 0 Å². The Labute approximate surface area is 175 Å². The third-order valence-corrected chi connectivity index (χ3v) is 6.76. The second-order valence-corrected chi connectivity index (χ2v) is 8.47. The van der Waals surface area contributed by atoms with E-state index in [1.807, 2.05) is 13.0 Å². The van der Waals surface area contributed by atoms with Gasteiger partial charge in [0.2, 0.25) is 0 Å². The Hall–Kier alpha value is -2.86. The number of fused-ring (bicyclic) bond motifs is 3. The number of aromatic carboxylic acids is 1. The van der Waals surface area contributed by atoms with Crippen molar-refractivity contribution in [1.82, 2.24) is 14.5 Å². The van der Waals surface area contributed by atoms with E-state index in [0.717, 1.165) is 17.7 Å². The van der Waals surface area contributed by atoms with Crippen LogP contribution >= 0.6 is 0 Å². The van der Waals surface area contributed by atoms with Gasteiger partial charge in [-0.15, -0.1) is 0 Å². The summed E-state index contributed by atoms with van der Waals surface area (Å²) in [4.78, 5) is 29.1. The largest absolute Gasteiger partial charge is 0.477 e. The highest BCUT2D eigenvalue weighted by Crippen LogP contribution is 2.38. The third kappa shape index (κ3) is 3.06. The van der Waals surface area contributed by atoms with Crippen LogP contribution in [0.5, 0.6) is 0 Å². The second kappa shape index (κ2) is 7.43. The maximum absolute atomic E-state index is 12.3. The molecule has 1 unspecified atom stereocenters. The minimum Gasteiger partial charge on any atom is -0.477 e. The van der Waals surface area contributed by atoms with Crippen molar-refractivity contribution < 1.29 is 9.90 Å². The van der Waals surface area contributed by atoms with Gasteiger partial charge in [0.05, 0.1) is 11.7 Å². The molecule has 1 atom stereocenters. The Morgan fingerprint density at radius 2 is 1.93 bits per heavy atom. The van der Waals surface area contributed by atoms with Crippen molar-refractivity contribution >= 4 is 16.9 Å². The zero-order valence-electron chi connectivity index (χ0n) is 17.3. The van der Waals surface area contributed by atoms with Gasteiger partial charge in [-0.2, -0.15) is 0 Å². The van der Waals surface area contributed by atoms with E-state index in [1.54, 1.807) is 0 Å². The van der Waals surface area contributed by atoms with Gasteiger partial charge in [-0.1, -0.05) is 19.4 Å². The van der Waals surface area contributed by atoms with Gasteiger partial charge in [0.15, 0.2) is 0 Å². The van der Waals surface area contributed by atoms with E-state index in [1.165, 1.54) is 61.4 Å². The third-order valence-electron chi connectivity index (χ3n) is 6.76. The SMILES string of the molecule is CCc1cc(C(=O)O)c(=O)[nH]c1-c1ccc2c(c1)cc1n2CCC1N1CCCCC1. The number of benzene rings is 1. The standard InChI is InChI=1S/C24H27N3O3/c1-2-15-13-18(24(29)30)23(28)25-22(15)16-6-7-19-17(12-16)14-21-20(8-11-27(19)21)26-9-4-3-5-10-26/h6-7,12-14,20H,2-5,8-11H2,1H3,(H,25,28)(H,29,30). The number of nitrogens with one attached hydrogen (secondary N) is 1. The topological polar surface area (TPSA) is 78.3 Å². The normalized spacial score (nSPS) is 19.3. The molecule has 2 N–H and O–H groups in total. The predicted octanol–water partition coefficient (Wildman–Crippen LogP) is 4.19. The molecule has 0 aliphatic carbocycles. The molecule has 5 rings (SSSR count). The fourth-order valence-corrected chi connectivity index (χ4v) is 5.24. The van der Waals surface area contributed by atoms with Crippen LogP contribution in [0.4, 0.5) is 0 Å². The first-order valence-corrected chi connectivity index (χ1v) is 10.9. The van der Waals surface area contributed by atoms with Gasteiger partial charge in [0.25, 0.3) is 5.56 Å². The lowest BCUT2D eigenvalue weighted by Crippen LogP contribution is -2.32. The van der Waals surface area contributed by atoms with Gasteiger partial charge >= 0.3 is 5.97 Å². The summed E-state index contributed by atoms with van der Waals surface area (Å²) >= 11 is 0. The predicted molar refractivity (Wildman–Crippen MR) is 117 cm³/mol. The first kappa shape index (κ1) is 19.1. The van der Waals surface area contributed by atoms with Gasteiger partial charge < -0.3 is 14.7 Å². The smallest absolute Gasteiger partial charge is 0.341 e. The van der Waals surface area contributed by atoms with Crippen LogP contribution in [0, 0.1) is 0 Å². The van der Waals surface area contributed by atoms with Gasteiger partial charge in [-0.3, -0.25) is 9.69 Å². The number of H-pyrrole nitrogens is 1. The molecule has 6 nitrogen and oxygen atoms in total. The van der Waals surface area contributed by atoms with Crippen LogP contribution in [0.25, 0.3) is 22.2 Å². The fourth-order valence-electron chi connectivity index (χ4n) is 5.24. The molecule has 0 amide bonds. The Bertz CT molecular complexity index is 1180. The van der Waals surface area contributed by atoms with Crippen LogP contribution in [0.15, 0.2) is 35.1 Å². The number of rotatable bonds is 4. The number of carbonyl (C=O) groups is 1. The maximum atomic E-state index is 12.3. The van der Waals surface area contributed by atoms with Crippen LogP contribution in [-0.2, 0) is 13.0 Å². The molecule has 2 aliphatic heterocycles. The molecule has 4 heterocycles. The molecule has 3 aromatic rings. The zero-order chi connectivity index (χ0) is 20.8. The molecule has 1 fully saturated rings. The van der Waals surface area contributed by atoms with E-state index >= 15 is 0 Å². The Morgan fingerprint density at radius 3 is 2.67 bits per heavy atom. The number of piperidine rings is 1. The second-order valence-electron chi connectivity index (χ2n) is 8.47. The van der Waals surface area contributed by atoms with Gasteiger partial charge in [-0.05, 0) is 74.2 Å². The summed E-state index contributed by atoms with van der Waals surface area (Å²) in [6.07, 6.45) is 5.75. The molecule has 1 saturated heterocycles. The maximum Gasteiger partial charge on any atom is 0.341 e. The molecule has 0 saturated carbocycles. The Balaban J connectivity index is 1.56. The summed E-state index contributed by atoms with van der Waals surface area (Å²) in [5.74, 6) is -1.19. The molecular weight excluding hydrogens is 378 g/mol.